The molecule has 0 aliphatic carbocycles. The highest BCUT2D eigenvalue weighted by Gasteiger charge is 2.34. The van der Waals surface area contributed by atoms with E-state index < -0.39 is 0 Å². The number of amides is 2. The van der Waals surface area contributed by atoms with Crippen molar-refractivity contribution in [3.05, 3.63) is 0 Å². The van der Waals surface area contributed by atoms with E-state index in [1.165, 1.54) is 0 Å². The first kappa shape index (κ1) is 12.8. The molecule has 1 aliphatic heterocycles. The second-order valence-corrected chi connectivity index (χ2v) is 4.76. The Balaban J connectivity index is 2.55. The second-order valence-electron chi connectivity index (χ2n) is 4.76. The van der Waals surface area contributed by atoms with Crippen molar-refractivity contribution in [2.75, 3.05) is 26.7 Å². The summed E-state index contributed by atoms with van der Waals surface area (Å²) < 4.78 is 0. The molecule has 1 aliphatic rings. The summed E-state index contributed by atoms with van der Waals surface area (Å²) in [6.45, 7) is 6.07. The predicted molar refractivity (Wildman–Crippen MR) is 64.5 cm³/mol. The maximum atomic E-state index is 11.9. The SMILES string of the molecule is CCN(C)C(=O)N1CCC(C)(C(=N)N)CC1. The third kappa shape index (κ3) is 2.46. The van der Waals surface area contributed by atoms with E-state index in [1.807, 2.05) is 18.7 Å². The molecule has 2 amide bonds. The number of carbonyl (C=O) groups excluding carboxylic acids is 1. The summed E-state index contributed by atoms with van der Waals surface area (Å²) in [5, 5.41) is 7.54. The van der Waals surface area contributed by atoms with Crippen LogP contribution < -0.4 is 5.73 Å². The number of likely N-dealkylation sites (tertiary alicyclic amines) is 1. The molecule has 0 spiro atoms. The van der Waals surface area contributed by atoms with Crippen LogP contribution >= 0.6 is 0 Å². The van der Waals surface area contributed by atoms with Gasteiger partial charge in [-0.3, -0.25) is 5.41 Å². The van der Waals surface area contributed by atoms with E-state index in [0.29, 0.717) is 13.1 Å². The number of piperidine rings is 1. The van der Waals surface area contributed by atoms with Crippen molar-refractivity contribution in [2.24, 2.45) is 11.1 Å². The van der Waals surface area contributed by atoms with Crippen LogP contribution in [0.5, 0.6) is 0 Å². The number of amidine groups is 1. The summed E-state index contributed by atoms with van der Waals surface area (Å²) in [5.74, 6) is 0.239. The van der Waals surface area contributed by atoms with Crippen molar-refractivity contribution in [3.63, 3.8) is 0 Å². The molecule has 1 heterocycles. The van der Waals surface area contributed by atoms with Crippen LogP contribution in [0, 0.1) is 10.8 Å². The van der Waals surface area contributed by atoms with Crippen molar-refractivity contribution in [2.45, 2.75) is 26.7 Å². The van der Waals surface area contributed by atoms with Crippen LogP contribution in [-0.2, 0) is 0 Å². The molecule has 16 heavy (non-hydrogen) atoms. The Labute approximate surface area is 97.1 Å². The van der Waals surface area contributed by atoms with E-state index in [2.05, 4.69) is 0 Å². The van der Waals surface area contributed by atoms with Gasteiger partial charge in [0.25, 0.3) is 0 Å². The van der Waals surface area contributed by atoms with E-state index in [0.717, 1.165) is 19.4 Å². The Hall–Kier alpha value is -1.26. The molecule has 0 saturated carbocycles. The summed E-state index contributed by atoms with van der Waals surface area (Å²) in [4.78, 5) is 15.4. The van der Waals surface area contributed by atoms with E-state index in [-0.39, 0.29) is 17.3 Å². The summed E-state index contributed by atoms with van der Waals surface area (Å²) in [6.07, 6.45) is 1.57. The number of carbonyl (C=O) groups is 1. The van der Waals surface area contributed by atoms with Gasteiger partial charge in [-0.05, 0) is 19.8 Å². The average molecular weight is 226 g/mol. The Bertz CT molecular complexity index is 282. The molecule has 1 fully saturated rings. The predicted octanol–water partition coefficient (Wildman–Crippen LogP) is 1.10. The van der Waals surface area contributed by atoms with Crippen LogP contribution in [0.3, 0.4) is 0 Å². The summed E-state index contributed by atoms with van der Waals surface area (Å²) in [6, 6.07) is 0.0769. The van der Waals surface area contributed by atoms with Gasteiger partial charge in [-0.15, -0.1) is 0 Å². The molecule has 5 heteroatoms. The molecule has 0 radical (unpaired) electrons. The van der Waals surface area contributed by atoms with E-state index in [9.17, 15) is 4.79 Å². The number of nitrogens with one attached hydrogen (secondary N) is 1. The highest BCUT2D eigenvalue weighted by molar-refractivity contribution is 5.83. The Morgan fingerprint density at radius 1 is 1.50 bits per heavy atom. The minimum absolute atomic E-state index is 0.0769. The molecule has 0 atom stereocenters. The lowest BCUT2D eigenvalue weighted by Crippen LogP contribution is -2.50. The van der Waals surface area contributed by atoms with Crippen molar-refractivity contribution >= 4 is 11.9 Å². The normalized spacial score (nSPS) is 19.3. The minimum Gasteiger partial charge on any atom is -0.387 e. The molecule has 92 valence electrons. The molecule has 0 unspecified atom stereocenters. The molecule has 1 rings (SSSR count). The van der Waals surface area contributed by atoms with E-state index in [4.69, 9.17) is 11.1 Å². The first-order chi connectivity index (χ1) is 7.40. The molecular weight excluding hydrogens is 204 g/mol. The van der Waals surface area contributed by atoms with E-state index >= 15 is 0 Å². The molecular formula is C11H22N4O. The molecule has 0 aromatic carbocycles. The maximum absolute atomic E-state index is 11.9. The van der Waals surface area contributed by atoms with Crippen LogP contribution in [0.4, 0.5) is 4.79 Å². The lowest BCUT2D eigenvalue weighted by atomic mass is 9.79. The summed E-state index contributed by atoms with van der Waals surface area (Å²) in [5.41, 5.74) is 5.36. The Kier molecular flexibility index (Phi) is 3.78. The minimum atomic E-state index is -0.221. The van der Waals surface area contributed by atoms with Gasteiger partial charge in [-0.25, -0.2) is 4.79 Å². The lowest BCUT2D eigenvalue weighted by molar-refractivity contribution is 0.134. The first-order valence-electron chi connectivity index (χ1n) is 5.75. The van der Waals surface area contributed by atoms with Crippen molar-refractivity contribution < 1.29 is 4.79 Å². The Morgan fingerprint density at radius 3 is 2.38 bits per heavy atom. The van der Waals surface area contributed by atoms with Crippen LogP contribution in [0.2, 0.25) is 0 Å². The van der Waals surface area contributed by atoms with Crippen molar-refractivity contribution in [1.82, 2.24) is 9.80 Å². The van der Waals surface area contributed by atoms with Gasteiger partial charge >= 0.3 is 6.03 Å². The van der Waals surface area contributed by atoms with Gasteiger partial charge in [-0.1, -0.05) is 6.92 Å². The zero-order valence-corrected chi connectivity index (χ0v) is 10.4. The third-order valence-electron chi connectivity index (χ3n) is 3.59. The van der Waals surface area contributed by atoms with Gasteiger partial charge in [0.1, 0.15) is 0 Å². The van der Waals surface area contributed by atoms with Crippen LogP contribution in [0.25, 0.3) is 0 Å². The third-order valence-corrected chi connectivity index (χ3v) is 3.59. The number of urea groups is 1. The smallest absolute Gasteiger partial charge is 0.319 e. The molecule has 3 N–H and O–H groups in total. The van der Waals surface area contributed by atoms with Gasteiger partial charge in [-0.2, -0.15) is 0 Å². The highest BCUT2D eigenvalue weighted by atomic mass is 16.2. The topological polar surface area (TPSA) is 73.4 Å². The van der Waals surface area contributed by atoms with Gasteiger partial charge in [0.15, 0.2) is 0 Å². The molecule has 0 aromatic rings. The number of nitrogens with zero attached hydrogens (tertiary/aromatic N) is 2. The molecule has 0 aromatic heterocycles. The van der Waals surface area contributed by atoms with Gasteiger partial charge in [0.2, 0.25) is 0 Å². The fraction of sp³-hybridized carbons (Fsp3) is 0.818. The van der Waals surface area contributed by atoms with Crippen LogP contribution in [-0.4, -0.2) is 48.3 Å². The fourth-order valence-corrected chi connectivity index (χ4v) is 1.84. The second kappa shape index (κ2) is 4.72. The fourth-order valence-electron chi connectivity index (χ4n) is 1.84. The quantitative estimate of drug-likeness (QED) is 0.546. The van der Waals surface area contributed by atoms with Gasteiger partial charge in [0, 0.05) is 32.1 Å². The molecule has 1 saturated heterocycles. The van der Waals surface area contributed by atoms with Gasteiger partial charge in [0.05, 0.1) is 5.84 Å². The zero-order valence-electron chi connectivity index (χ0n) is 10.4. The summed E-state index contributed by atoms with van der Waals surface area (Å²) in [7, 11) is 1.81. The lowest BCUT2D eigenvalue weighted by Gasteiger charge is -2.39. The number of hydrogen-bond acceptors (Lipinski definition) is 2. The molecule has 0 bridgehead atoms. The highest BCUT2D eigenvalue weighted by Crippen LogP contribution is 2.30. The summed E-state index contributed by atoms with van der Waals surface area (Å²) >= 11 is 0. The number of rotatable bonds is 2. The first-order valence-corrected chi connectivity index (χ1v) is 5.75. The monoisotopic (exact) mass is 226 g/mol. The molecule has 5 nitrogen and oxygen atoms in total. The average Bonchev–Trinajstić information content (AvgIpc) is 2.28. The number of hydrogen-bond donors (Lipinski definition) is 2. The standard InChI is InChI=1S/C11H22N4O/c1-4-14(3)10(16)15-7-5-11(2,6-8-15)9(12)13/h4-8H2,1-3H3,(H3,12,13). The number of nitrogens with two attached hydrogens (primary N) is 1. The zero-order chi connectivity index (χ0) is 12.3. The van der Waals surface area contributed by atoms with Crippen molar-refractivity contribution in [3.8, 4) is 0 Å². The van der Waals surface area contributed by atoms with Crippen LogP contribution in [0.1, 0.15) is 26.7 Å². The van der Waals surface area contributed by atoms with Gasteiger partial charge < -0.3 is 15.5 Å². The van der Waals surface area contributed by atoms with Crippen LogP contribution in [0.15, 0.2) is 0 Å². The van der Waals surface area contributed by atoms with E-state index in [1.54, 1.807) is 11.9 Å². The van der Waals surface area contributed by atoms with Crippen molar-refractivity contribution in [1.29, 1.82) is 5.41 Å². The maximum Gasteiger partial charge on any atom is 0.319 e. The largest absolute Gasteiger partial charge is 0.387 e. The Morgan fingerprint density at radius 2 is 2.00 bits per heavy atom.